The van der Waals surface area contributed by atoms with E-state index in [4.69, 9.17) is 16.0 Å². The van der Waals surface area contributed by atoms with Crippen molar-refractivity contribution in [1.82, 2.24) is 10.2 Å². The SMILES string of the molecule is N#Cc1c(SCc2ccccc2Cl)n[nH]c1NC(=O)C=Cc1ccco1. The van der Waals surface area contributed by atoms with Crippen LogP contribution in [0.1, 0.15) is 16.9 Å². The first-order valence-corrected chi connectivity index (χ1v) is 8.91. The summed E-state index contributed by atoms with van der Waals surface area (Å²) in [4.78, 5) is 12.0. The van der Waals surface area contributed by atoms with E-state index in [1.54, 1.807) is 12.1 Å². The van der Waals surface area contributed by atoms with E-state index in [9.17, 15) is 10.1 Å². The standard InChI is InChI=1S/C18H13ClN4O2S/c19-15-6-2-1-4-12(15)11-26-18-14(10-20)17(22-23-18)21-16(24)8-7-13-5-3-9-25-13/h1-9H,11H2,(H2,21,22,23,24). The number of hydrogen-bond acceptors (Lipinski definition) is 5. The van der Waals surface area contributed by atoms with Gasteiger partial charge in [-0.05, 0) is 29.8 Å². The molecule has 2 N–H and O–H groups in total. The summed E-state index contributed by atoms with van der Waals surface area (Å²) in [5, 5.41) is 20.0. The number of carbonyl (C=O) groups excluding carboxylic acids is 1. The second-order valence-electron chi connectivity index (χ2n) is 5.11. The van der Waals surface area contributed by atoms with Gasteiger partial charge >= 0.3 is 0 Å². The normalized spacial score (nSPS) is 10.8. The number of aromatic amines is 1. The lowest BCUT2D eigenvalue weighted by Crippen LogP contribution is -2.09. The van der Waals surface area contributed by atoms with Gasteiger partial charge in [-0.1, -0.05) is 41.6 Å². The van der Waals surface area contributed by atoms with Gasteiger partial charge in [0.25, 0.3) is 0 Å². The molecule has 1 aromatic carbocycles. The van der Waals surface area contributed by atoms with E-state index in [2.05, 4.69) is 21.6 Å². The van der Waals surface area contributed by atoms with Crippen LogP contribution in [0.25, 0.3) is 6.08 Å². The molecular formula is C18H13ClN4O2S. The molecule has 3 aromatic rings. The van der Waals surface area contributed by atoms with Crippen molar-refractivity contribution in [3.63, 3.8) is 0 Å². The van der Waals surface area contributed by atoms with Crippen LogP contribution in [0.3, 0.4) is 0 Å². The maximum absolute atomic E-state index is 12.0. The summed E-state index contributed by atoms with van der Waals surface area (Å²) in [6.45, 7) is 0. The molecule has 1 amide bonds. The molecule has 130 valence electrons. The van der Waals surface area contributed by atoms with E-state index >= 15 is 0 Å². The number of rotatable bonds is 6. The van der Waals surface area contributed by atoms with E-state index in [0.717, 1.165) is 5.56 Å². The number of nitrogens with zero attached hydrogens (tertiary/aromatic N) is 2. The average molecular weight is 385 g/mol. The zero-order valence-electron chi connectivity index (χ0n) is 13.4. The Morgan fingerprint density at radius 2 is 2.23 bits per heavy atom. The van der Waals surface area contributed by atoms with Crippen LogP contribution in [0.5, 0.6) is 0 Å². The molecule has 0 fully saturated rings. The number of nitriles is 1. The summed E-state index contributed by atoms with van der Waals surface area (Å²) in [5.74, 6) is 0.971. The molecule has 0 saturated carbocycles. The second-order valence-corrected chi connectivity index (χ2v) is 6.48. The van der Waals surface area contributed by atoms with Crippen LogP contribution in [-0.4, -0.2) is 16.1 Å². The van der Waals surface area contributed by atoms with E-state index in [-0.39, 0.29) is 11.4 Å². The predicted molar refractivity (Wildman–Crippen MR) is 101 cm³/mol. The van der Waals surface area contributed by atoms with Crippen molar-refractivity contribution in [3.8, 4) is 6.07 Å². The van der Waals surface area contributed by atoms with Gasteiger partial charge in [-0.2, -0.15) is 10.4 Å². The molecule has 0 unspecified atom stereocenters. The van der Waals surface area contributed by atoms with Crippen molar-refractivity contribution in [1.29, 1.82) is 5.26 Å². The van der Waals surface area contributed by atoms with Crippen LogP contribution in [-0.2, 0) is 10.5 Å². The molecule has 2 heterocycles. The van der Waals surface area contributed by atoms with E-state index in [1.165, 1.54) is 30.2 Å². The lowest BCUT2D eigenvalue weighted by Gasteiger charge is -2.02. The fourth-order valence-corrected chi connectivity index (χ4v) is 3.32. The summed E-state index contributed by atoms with van der Waals surface area (Å²) < 4.78 is 5.11. The number of nitrogens with one attached hydrogen (secondary N) is 2. The Morgan fingerprint density at radius 1 is 1.38 bits per heavy atom. The number of hydrogen-bond donors (Lipinski definition) is 2. The van der Waals surface area contributed by atoms with Crippen molar-refractivity contribution in [2.75, 3.05) is 5.32 Å². The second kappa shape index (κ2) is 8.43. The van der Waals surface area contributed by atoms with Crippen LogP contribution in [0.2, 0.25) is 5.02 Å². The highest BCUT2D eigenvalue weighted by molar-refractivity contribution is 7.98. The molecule has 6 nitrogen and oxygen atoms in total. The molecule has 2 aromatic heterocycles. The lowest BCUT2D eigenvalue weighted by molar-refractivity contribution is -0.111. The van der Waals surface area contributed by atoms with Crippen LogP contribution in [0.15, 0.2) is 58.2 Å². The third-order valence-corrected chi connectivity index (χ3v) is 4.75. The molecule has 0 aliphatic rings. The monoisotopic (exact) mass is 384 g/mol. The quantitative estimate of drug-likeness (QED) is 0.483. The zero-order valence-corrected chi connectivity index (χ0v) is 15.0. The molecule has 0 spiro atoms. The molecule has 0 aliphatic heterocycles. The third-order valence-electron chi connectivity index (χ3n) is 3.36. The van der Waals surface area contributed by atoms with Gasteiger partial charge in [0.2, 0.25) is 5.91 Å². The third kappa shape index (κ3) is 4.36. The predicted octanol–water partition coefficient (Wildman–Crippen LogP) is 4.47. The highest BCUT2D eigenvalue weighted by atomic mass is 35.5. The summed E-state index contributed by atoms with van der Waals surface area (Å²) >= 11 is 7.50. The Balaban J connectivity index is 1.67. The Morgan fingerprint density at radius 3 is 2.96 bits per heavy atom. The summed E-state index contributed by atoms with van der Waals surface area (Å²) in [6.07, 6.45) is 4.37. The number of amides is 1. The fraction of sp³-hybridized carbons (Fsp3) is 0.0556. The minimum absolute atomic E-state index is 0.253. The first-order valence-electron chi connectivity index (χ1n) is 7.54. The van der Waals surface area contributed by atoms with Gasteiger partial charge in [0.1, 0.15) is 28.2 Å². The zero-order chi connectivity index (χ0) is 18.4. The highest BCUT2D eigenvalue weighted by Gasteiger charge is 2.15. The van der Waals surface area contributed by atoms with Crippen LogP contribution in [0.4, 0.5) is 5.82 Å². The van der Waals surface area contributed by atoms with Crippen molar-refractivity contribution < 1.29 is 9.21 Å². The van der Waals surface area contributed by atoms with Gasteiger partial charge in [0.15, 0.2) is 0 Å². The minimum atomic E-state index is -0.399. The molecule has 0 bridgehead atoms. The summed E-state index contributed by atoms with van der Waals surface area (Å²) in [5.41, 5.74) is 1.22. The molecule has 26 heavy (non-hydrogen) atoms. The number of furan rings is 1. The van der Waals surface area contributed by atoms with E-state index in [0.29, 0.717) is 21.6 Å². The number of thioether (sulfide) groups is 1. The Bertz CT molecular complexity index is 973. The number of benzene rings is 1. The van der Waals surface area contributed by atoms with Crippen LogP contribution in [0, 0.1) is 11.3 Å². The maximum atomic E-state index is 12.0. The van der Waals surface area contributed by atoms with Gasteiger partial charge in [0, 0.05) is 16.9 Å². The molecule has 0 aliphatic carbocycles. The molecule has 0 saturated heterocycles. The maximum Gasteiger partial charge on any atom is 0.249 e. The van der Waals surface area contributed by atoms with E-state index < -0.39 is 5.91 Å². The van der Waals surface area contributed by atoms with Gasteiger partial charge in [-0.3, -0.25) is 9.89 Å². The summed E-state index contributed by atoms with van der Waals surface area (Å²) in [6, 6.07) is 13.0. The number of halogens is 1. The first-order chi connectivity index (χ1) is 12.7. The molecular weight excluding hydrogens is 372 g/mol. The molecule has 0 radical (unpaired) electrons. The van der Waals surface area contributed by atoms with Crippen molar-refractivity contribution in [2.45, 2.75) is 10.8 Å². The molecule has 3 rings (SSSR count). The minimum Gasteiger partial charge on any atom is -0.465 e. The largest absolute Gasteiger partial charge is 0.465 e. The van der Waals surface area contributed by atoms with Crippen molar-refractivity contribution >= 4 is 41.2 Å². The Hall–Kier alpha value is -2.95. The molecule has 8 heteroatoms. The van der Waals surface area contributed by atoms with Gasteiger partial charge in [-0.25, -0.2) is 0 Å². The Kier molecular flexibility index (Phi) is 5.79. The van der Waals surface area contributed by atoms with Gasteiger partial charge < -0.3 is 9.73 Å². The average Bonchev–Trinajstić information content (AvgIpc) is 3.29. The number of carbonyl (C=O) groups is 1. The van der Waals surface area contributed by atoms with E-state index in [1.807, 2.05) is 24.3 Å². The fourth-order valence-electron chi connectivity index (χ4n) is 2.09. The summed E-state index contributed by atoms with van der Waals surface area (Å²) in [7, 11) is 0. The number of H-pyrrole nitrogens is 1. The van der Waals surface area contributed by atoms with Gasteiger partial charge in [-0.15, -0.1) is 0 Å². The lowest BCUT2D eigenvalue weighted by atomic mass is 10.2. The van der Waals surface area contributed by atoms with Crippen molar-refractivity contribution in [3.05, 3.63) is 70.6 Å². The Labute approximate surface area is 158 Å². The number of aromatic nitrogens is 2. The first kappa shape index (κ1) is 17.9. The van der Waals surface area contributed by atoms with Gasteiger partial charge in [0.05, 0.1) is 6.26 Å². The van der Waals surface area contributed by atoms with Crippen LogP contribution < -0.4 is 5.32 Å². The van der Waals surface area contributed by atoms with Crippen molar-refractivity contribution in [2.24, 2.45) is 0 Å². The van der Waals surface area contributed by atoms with Crippen LogP contribution >= 0.6 is 23.4 Å². The molecule has 0 atom stereocenters. The highest BCUT2D eigenvalue weighted by Crippen LogP contribution is 2.30. The topological polar surface area (TPSA) is 94.7 Å². The number of anilines is 1. The smallest absolute Gasteiger partial charge is 0.249 e.